The topological polar surface area (TPSA) is 88.5 Å². The van der Waals surface area contributed by atoms with Gasteiger partial charge < -0.3 is 15.4 Å². The number of aliphatic imine (C=N–C) groups is 1. The molecular weight excluding hydrogens is 402 g/mol. The van der Waals surface area contributed by atoms with Gasteiger partial charge in [-0.05, 0) is 18.2 Å². The Balaban J connectivity index is 1.47. The van der Waals surface area contributed by atoms with Crippen molar-refractivity contribution in [1.29, 1.82) is 0 Å². The average molecular weight is 421 g/mol. The van der Waals surface area contributed by atoms with Crippen LogP contribution in [0.4, 0.5) is 11.5 Å². The molecule has 7 nitrogen and oxygen atoms in total. The molecule has 0 radical (unpaired) electrons. The number of anilines is 2. The van der Waals surface area contributed by atoms with E-state index in [0.717, 1.165) is 11.1 Å². The Hall–Kier alpha value is -4.52. The Kier molecular flexibility index (Phi) is 5.28. The molecule has 156 valence electrons. The van der Waals surface area contributed by atoms with Crippen molar-refractivity contribution in [3.05, 3.63) is 108 Å². The second-order valence-electron chi connectivity index (χ2n) is 7.08. The summed E-state index contributed by atoms with van der Waals surface area (Å²) in [6, 6.07) is 28.4. The molecule has 2 heterocycles. The van der Waals surface area contributed by atoms with E-state index in [2.05, 4.69) is 20.6 Å². The molecule has 7 heteroatoms. The third-order valence-electron chi connectivity index (χ3n) is 4.89. The average Bonchev–Trinajstić information content (AvgIpc) is 2.97. The van der Waals surface area contributed by atoms with Crippen LogP contribution in [0.3, 0.4) is 0 Å². The summed E-state index contributed by atoms with van der Waals surface area (Å²) < 4.78 is 5.77. The number of aromatic nitrogens is 2. The van der Waals surface area contributed by atoms with E-state index in [1.165, 1.54) is 6.33 Å². The molecule has 4 aromatic rings. The molecule has 1 aliphatic heterocycles. The molecule has 1 atom stereocenters. The predicted molar refractivity (Wildman–Crippen MR) is 123 cm³/mol. The number of para-hydroxylation sites is 2. The summed E-state index contributed by atoms with van der Waals surface area (Å²) in [5, 5.41) is 6.06. The molecule has 0 bridgehead atoms. The lowest BCUT2D eigenvalue weighted by Gasteiger charge is -2.14. The minimum absolute atomic E-state index is 0.285. The summed E-state index contributed by atoms with van der Waals surface area (Å²) in [5.74, 6) is 1.16. The van der Waals surface area contributed by atoms with Gasteiger partial charge in [0.05, 0.1) is 11.4 Å². The zero-order valence-electron chi connectivity index (χ0n) is 17.0. The van der Waals surface area contributed by atoms with Crippen molar-refractivity contribution >= 4 is 23.1 Å². The highest BCUT2D eigenvalue weighted by Gasteiger charge is 2.26. The maximum absolute atomic E-state index is 13.0. The fourth-order valence-electron chi connectivity index (χ4n) is 3.40. The Bertz CT molecular complexity index is 1280. The van der Waals surface area contributed by atoms with E-state index in [0.29, 0.717) is 28.8 Å². The maximum atomic E-state index is 13.0. The standard InChI is InChI=1S/C25H19N5O2/c31-25-24(29-21-15-22(27-16-26-21)32-18-11-5-2-6-12-18)30-23(17-9-3-1-4-10-17)19-13-7-8-14-20(19)28-25/h1-16,24H,(H,28,31)(H,26,27,29). The van der Waals surface area contributed by atoms with Gasteiger partial charge in [0.2, 0.25) is 12.0 Å². The first-order valence-electron chi connectivity index (χ1n) is 10.1. The van der Waals surface area contributed by atoms with E-state index in [-0.39, 0.29) is 5.91 Å². The number of benzodiazepines with no additional fused rings is 1. The van der Waals surface area contributed by atoms with Crippen LogP contribution in [0, 0.1) is 0 Å². The van der Waals surface area contributed by atoms with Crippen molar-refractivity contribution in [2.45, 2.75) is 6.17 Å². The van der Waals surface area contributed by atoms with E-state index in [4.69, 9.17) is 9.73 Å². The van der Waals surface area contributed by atoms with Crippen molar-refractivity contribution < 1.29 is 9.53 Å². The van der Waals surface area contributed by atoms with Gasteiger partial charge in [0, 0.05) is 17.2 Å². The van der Waals surface area contributed by atoms with Crippen LogP contribution in [0.25, 0.3) is 0 Å². The van der Waals surface area contributed by atoms with Crippen LogP contribution < -0.4 is 15.4 Å². The Labute approximate surface area is 184 Å². The number of nitrogens with one attached hydrogen (secondary N) is 2. The lowest BCUT2D eigenvalue weighted by atomic mass is 10.0. The molecule has 1 amide bonds. The SMILES string of the molecule is O=C1Nc2ccccc2C(c2ccccc2)=NC1Nc1cc(Oc2ccccc2)ncn1. The van der Waals surface area contributed by atoms with E-state index >= 15 is 0 Å². The fraction of sp³-hybridized carbons (Fsp3) is 0.0400. The first-order chi connectivity index (χ1) is 15.8. The normalized spacial score (nSPS) is 15.1. The fourth-order valence-corrected chi connectivity index (χ4v) is 3.40. The van der Waals surface area contributed by atoms with Gasteiger partial charge in [0.1, 0.15) is 17.9 Å². The molecular formula is C25H19N5O2. The van der Waals surface area contributed by atoms with Crippen LogP contribution >= 0.6 is 0 Å². The Morgan fingerprint density at radius 1 is 0.844 bits per heavy atom. The first kappa shape index (κ1) is 19.4. The molecule has 2 N–H and O–H groups in total. The highest BCUT2D eigenvalue weighted by Crippen LogP contribution is 2.25. The number of rotatable bonds is 5. The number of hydrogen-bond donors (Lipinski definition) is 2. The quantitative estimate of drug-likeness (QED) is 0.495. The summed E-state index contributed by atoms with van der Waals surface area (Å²) in [6.45, 7) is 0. The number of ether oxygens (including phenoxy) is 1. The number of hydrogen-bond acceptors (Lipinski definition) is 6. The van der Waals surface area contributed by atoms with E-state index < -0.39 is 6.17 Å². The van der Waals surface area contributed by atoms with Gasteiger partial charge in [-0.15, -0.1) is 0 Å². The molecule has 0 aliphatic carbocycles. The summed E-state index contributed by atoms with van der Waals surface area (Å²) in [5.41, 5.74) is 3.19. The van der Waals surface area contributed by atoms with Gasteiger partial charge in [-0.2, -0.15) is 0 Å². The van der Waals surface area contributed by atoms with Crippen molar-refractivity contribution in [3.63, 3.8) is 0 Å². The highest BCUT2D eigenvalue weighted by molar-refractivity contribution is 6.19. The van der Waals surface area contributed by atoms with Gasteiger partial charge >= 0.3 is 0 Å². The molecule has 32 heavy (non-hydrogen) atoms. The van der Waals surface area contributed by atoms with Crippen molar-refractivity contribution in [3.8, 4) is 11.6 Å². The number of fused-ring (bicyclic) bond motifs is 1. The Morgan fingerprint density at radius 3 is 2.38 bits per heavy atom. The molecule has 5 rings (SSSR count). The maximum Gasteiger partial charge on any atom is 0.269 e. The summed E-state index contributed by atoms with van der Waals surface area (Å²) in [4.78, 5) is 26.1. The lowest BCUT2D eigenvalue weighted by Crippen LogP contribution is -2.32. The molecule has 1 aliphatic rings. The number of carbonyl (C=O) groups is 1. The van der Waals surface area contributed by atoms with Gasteiger partial charge in [-0.3, -0.25) is 4.79 Å². The molecule has 0 saturated heterocycles. The number of carbonyl (C=O) groups excluding carboxylic acids is 1. The first-order valence-corrected chi connectivity index (χ1v) is 10.1. The molecule has 0 spiro atoms. The molecule has 0 saturated carbocycles. The molecule has 1 unspecified atom stereocenters. The smallest absolute Gasteiger partial charge is 0.269 e. The third-order valence-corrected chi connectivity index (χ3v) is 4.89. The summed E-state index contributed by atoms with van der Waals surface area (Å²) >= 11 is 0. The minimum Gasteiger partial charge on any atom is -0.439 e. The summed E-state index contributed by atoms with van der Waals surface area (Å²) in [7, 11) is 0. The summed E-state index contributed by atoms with van der Waals surface area (Å²) in [6.07, 6.45) is 0.489. The zero-order valence-corrected chi connectivity index (χ0v) is 17.0. The largest absolute Gasteiger partial charge is 0.439 e. The van der Waals surface area contributed by atoms with Crippen molar-refractivity contribution in [2.75, 3.05) is 10.6 Å². The number of benzene rings is 3. The van der Waals surface area contributed by atoms with E-state index in [1.54, 1.807) is 6.07 Å². The molecule has 1 aromatic heterocycles. The number of nitrogens with zero attached hydrogens (tertiary/aromatic N) is 3. The van der Waals surface area contributed by atoms with Crippen molar-refractivity contribution in [2.24, 2.45) is 4.99 Å². The molecule has 3 aromatic carbocycles. The van der Waals surface area contributed by atoms with Crippen LogP contribution in [0.1, 0.15) is 11.1 Å². The predicted octanol–water partition coefficient (Wildman–Crippen LogP) is 4.50. The van der Waals surface area contributed by atoms with Crippen LogP contribution in [-0.4, -0.2) is 27.8 Å². The Morgan fingerprint density at radius 2 is 1.56 bits per heavy atom. The van der Waals surface area contributed by atoms with E-state index in [9.17, 15) is 4.79 Å². The van der Waals surface area contributed by atoms with Crippen LogP contribution in [-0.2, 0) is 4.79 Å². The van der Waals surface area contributed by atoms with Gasteiger partial charge in [0.15, 0.2) is 0 Å². The van der Waals surface area contributed by atoms with Crippen LogP contribution in [0.2, 0.25) is 0 Å². The monoisotopic (exact) mass is 421 g/mol. The van der Waals surface area contributed by atoms with Gasteiger partial charge in [0.25, 0.3) is 5.91 Å². The van der Waals surface area contributed by atoms with E-state index in [1.807, 2.05) is 84.9 Å². The third kappa shape index (κ3) is 4.17. The second kappa shape index (κ2) is 8.69. The zero-order chi connectivity index (χ0) is 21.8. The molecule has 0 fully saturated rings. The lowest BCUT2D eigenvalue weighted by molar-refractivity contribution is -0.116. The number of amides is 1. The minimum atomic E-state index is -0.892. The van der Waals surface area contributed by atoms with Crippen molar-refractivity contribution in [1.82, 2.24) is 9.97 Å². The van der Waals surface area contributed by atoms with Gasteiger partial charge in [-0.25, -0.2) is 15.0 Å². The highest BCUT2D eigenvalue weighted by atomic mass is 16.5. The van der Waals surface area contributed by atoms with Crippen LogP contribution in [0.15, 0.2) is 102 Å². The van der Waals surface area contributed by atoms with Crippen LogP contribution in [0.5, 0.6) is 11.6 Å². The van der Waals surface area contributed by atoms with Gasteiger partial charge in [-0.1, -0.05) is 66.7 Å². The second-order valence-corrected chi connectivity index (χ2v) is 7.08.